The number of amides is 2. The number of carbonyl (C=O) groups excluding carboxylic acids is 2. The fourth-order valence-corrected chi connectivity index (χ4v) is 5.81. The largest absolute Gasteiger partial charge is 0.349 e. The van der Waals surface area contributed by atoms with Crippen LogP contribution in [0.15, 0.2) is 59.5 Å². The molecule has 0 aromatic heterocycles. The zero-order valence-corrected chi connectivity index (χ0v) is 22.8. The van der Waals surface area contributed by atoms with Crippen LogP contribution in [0.1, 0.15) is 56.2 Å². The number of nitrogens with zero attached hydrogens (tertiary/aromatic N) is 2. The van der Waals surface area contributed by atoms with Crippen LogP contribution in [0.5, 0.6) is 0 Å². The van der Waals surface area contributed by atoms with Crippen LogP contribution in [-0.4, -0.2) is 68.5 Å². The summed E-state index contributed by atoms with van der Waals surface area (Å²) in [6.45, 7) is 5.44. The maximum Gasteiger partial charge on any atom is 0.227 e. The Balaban J connectivity index is 1.28. The van der Waals surface area contributed by atoms with Gasteiger partial charge >= 0.3 is 0 Å². The standard InChI is InChI=1S/C29H39N3O4S/c1-3-32(28(33)21-22-9-13-26(14-10-22)37(2,35)36)25-15-18-31(19-16-25)20-17-27(23-7-5-4-6-8-23)30-29(34)24-11-12-24/h4-10,13-14,24-25,27H,3,11-12,15-21H2,1-2H3,(H,30,34). The van der Waals surface area contributed by atoms with Crippen molar-refractivity contribution < 1.29 is 18.0 Å². The number of piperidine rings is 1. The van der Waals surface area contributed by atoms with E-state index in [1.165, 1.54) is 6.26 Å². The molecule has 2 aromatic rings. The van der Waals surface area contributed by atoms with Gasteiger partial charge in [-0.05, 0) is 62.3 Å². The summed E-state index contributed by atoms with van der Waals surface area (Å²) in [5.74, 6) is 0.452. The minimum atomic E-state index is -3.25. The lowest BCUT2D eigenvalue weighted by atomic mass is 9.99. The predicted octanol–water partition coefficient (Wildman–Crippen LogP) is 3.60. The van der Waals surface area contributed by atoms with Crippen LogP contribution < -0.4 is 5.32 Å². The van der Waals surface area contributed by atoms with Gasteiger partial charge in [-0.3, -0.25) is 9.59 Å². The lowest BCUT2D eigenvalue weighted by molar-refractivity contribution is -0.133. The Hall–Kier alpha value is -2.71. The SMILES string of the molecule is CCN(C(=O)Cc1ccc(S(C)(=O)=O)cc1)C1CCN(CCC(NC(=O)C2CC2)c2ccccc2)CC1. The third kappa shape index (κ3) is 7.65. The first-order chi connectivity index (χ1) is 17.7. The fourth-order valence-electron chi connectivity index (χ4n) is 5.18. The van der Waals surface area contributed by atoms with Gasteiger partial charge in [0.25, 0.3) is 0 Å². The molecule has 2 amide bonds. The fraction of sp³-hybridized carbons (Fsp3) is 0.517. The summed E-state index contributed by atoms with van der Waals surface area (Å²) in [5.41, 5.74) is 1.98. The Labute approximate surface area is 221 Å². The summed E-state index contributed by atoms with van der Waals surface area (Å²) >= 11 is 0. The van der Waals surface area contributed by atoms with Crippen molar-refractivity contribution in [2.45, 2.75) is 62.4 Å². The molecule has 7 nitrogen and oxygen atoms in total. The van der Waals surface area contributed by atoms with Crippen molar-refractivity contribution in [2.24, 2.45) is 5.92 Å². The van der Waals surface area contributed by atoms with Gasteiger partial charge in [0.05, 0.1) is 17.4 Å². The van der Waals surface area contributed by atoms with Gasteiger partial charge in [-0.1, -0.05) is 42.5 Å². The molecule has 1 heterocycles. The van der Waals surface area contributed by atoms with Crippen LogP contribution >= 0.6 is 0 Å². The lowest BCUT2D eigenvalue weighted by Crippen LogP contribution is -2.48. The predicted molar refractivity (Wildman–Crippen MR) is 145 cm³/mol. The maximum absolute atomic E-state index is 13.1. The van der Waals surface area contributed by atoms with Gasteiger partial charge in [0.15, 0.2) is 9.84 Å². The lowest BCUT2D eigenvalue weighted by Gasteiger charge is -2.38. The quantitative estimate of drug-likeness (QED) is 0.484. The first-order valence-electron chi connectivity index (χ1n) is 13.4. The number of rotatable bonds is 11. The topological polar surface area (TPSA) is 86.8 Å². The van der Waals surface area contributed by atoms with Crippen LogP contribution in [0.3, 0.4) is 0 Å². The highest BCUT2D eigenvalue weighted by Gasteiger charge is 2.32. The highest BCUT2D eigenvalue weighted by atomic mass is 32.2. The van der Waals surface area contributed by atoms with Crippen LogP contribution in [0, 0.1) is 5.92 Å². The second-order valence-corrected chi connectivity index (χ2v) is 12.4. The first kappa shape index (κ1) is 27.3. The Morgan fingerprint density at radius 1 is 1.00 bits per heavy atom. The minimum absolute atomic E-state index is 0.0230. The number of nitrogens with one attached hydrogen (secondary N) is 1. The molecule has 1 atom stereocenters. The summed E-state index contributed by atoms with van der Waals surface area (Å²) < 4.78 is 23.4. The highest BCUT2D eigenvalue weighted by Crippen LogP contribution is 2.30. The summed E-state index contributed by atoms with van der Waals surface area (Å²) in [6, 6.07) is 17.1. The van der Waals surface area contributed by atoms with Crippen molar-refractivity contribution in [2.75, 3.05) is 32.4 Å². The molecular weight excluding hydrogens is 486 g/mol. The summed E-state index contributed by atoms with van der Waals surface area (Å²) in [4.78, 5) is 30.2. The van der Waals surface area contributed by atoms with E-state index < -0.39 is 9.84 Å². The number of likely N-dealkylation sites (tertiary alicyclic amines) is 1. The number of sulfone groups is 1. The summed E-state index contributed by atoms with van der Waals surface area (Å²) in [7, 11) is -3.25. The van der Waals surface area contributed by atoms with Gasteiger partial charge in [0.1, 0.15) is 0 Å². The number of hydrogen-bond donors (Lipinski definition) is 1. The minimum Gasteiger partial charge on any atom is -0.349 e. The van der Waals surface area contributed by atoms with Gasteiger partial charge in [-0.25, -0.2) is 8.42 Å². The van der Waals surface area contributed by atoms with Crippen LogP contribution in [0.2, 0.25) is 0 Å². The van der Waals surface area contributed by atoms with Gasteiger partial charge < -0.3 is 15.1 Å². The Morgan fingerprint density at radius 2 is 1.65 bits per heavy atom. The number of hydrogen-bond acceptors (Lipinski definition) is 5. The molecule has 37 heavy (non-hydrogen) atoms. The molecule has 0 spiro atoms. The van der Waals surface area contributed by atoms with E-state index in [0.29, 0.717) is 6.54 Å². The van der Waals surface area contributed by atoms with Crippen molar-refractivity contribution >= 4 is 21.7 Å². The van der Waals surface area contributed by atoms with Crippen molar-refractivity contribution in [3.05, 3.63) is 65.7 Å². The van der Waals surface area contributed by atoms with Gasteiger partial charge in [0, 0.05) is 44.4 Å². The third-order valence-electron chi connectivity index (χ3n) is 7.57. The van der Waals surface area contributed by atoms with E-state index in [0.717, 1.165) is 62.9 Å². The van der Waals surface area contributed by atoms with Gasteiger partial charge in [-0.15, -0.1) is 0 Å². The molecular formula is C29H39N3O4S. The average molecular weight is 526 g/mol. The molecule has 1 unspecified atom stereocenters. The highest BCUT2D eigenvalue weighted by molar-refractivity contribution is 7.90. The Bertz CT molecular complexity index is 1160. The molecule has 8 heteroatoms. The second kappa shape index (κ2) is 12.2. The van der Waals surface area contributed by atoms with Crippen molar-refractivity contribution in [3.8, 4) is 0 Å². The van der Waals surface area contributed by atoms with E-state index in [4.69, 9.17) is 0 Å². The van der Waals surface area contributed by atoms with E-state index in [-0.39, 0.29) is 41.1 Å². The second-order valence-electron chi connectivity index (χ2n) is 10.4. The zero-order valence-electron chi connectivity index (χ0n) is 21.9. The molecule has 2 aromatic carbocycles. The molecule has 1 saturated heterocycles. The van der Waals surface area contributed by atoms with Crippen molar-refractivity contribution in [3.63, 3.8) is 0 Å². The molecule has 0 bridgehead atoms. The number of likely N-dealkylation sites (N-methyl/N-ethyl adjacent to an activating group) is 1. The van der Waals surface area contributed by atoms with Crippen molar-refractivity contribution in [1.29, 1.82) is 0 Å². The summed E-state index contributed by atoms with van der Waals surface area (Å²) in [6.07, 6.45) is 6.18. The van der Waals surface area contributed by atoms with E-state index in [2.05, 4.69) is 22.3 Å². The van der Waals surface area contributed by atoms with Crippen molar-refractivity contribution in [1.82, 2.24) is 15.1 Å². The molecule has 2 fully saturated rings. The van der Waals surface area contributed by atoms with Gasteiger partial charge in [-0.2, -0.15) is 0 Å². The molecule has 1 N–H and O–H groups in total. The number of carbonyl (C=O) groups is 2. The Kier molecular flexibility index (Phi) is 9.03. The molecule has 0 radical (unpaired) electrons. The molecule has 2 aliphatic rings. The smallest absolute Gasteiger partial charge is 0.227 e. The maximum atomic E-state index is 13.1. The molecule has 1 aliphatic heterocycles. The molecule has 1 aliphatic carbocycles. The monoisotopic (exact) mass is 525 g/mol. The zero-order chi connectivity index (χ0) is 26.4. The van der Waals surface area contributed by atoms with E-state index in [1.54, 1.807) is 24.3 Å². The third-order valence-corrected chi connectivity index (χ3v) is 8.69. The van der Waals surface area contributed by atoms with Gasteiger partial charge in [0.2, 0.25) is 11.8 Å². The number of benzene rings is 2. The molecule has 1 saturated carbocycles. The van der Waals surface area contributed by atoms with Crippen LogP contribution in [0.4, 0.5) is 0 Å². The van der Waals surface area contributed by atoms with Crippen LogP contribution in [-0.2, 0) is 25.8 Å². The molecule has 200 valence electrons. The van der Waals surface area contributed by atoms with E-state index >= 15 is 0 Å². The van der Waals surface area contributed by atoms with E-state index in [1.807, 2.05) is 30.0 Å². The first-order valence-corrected chi connectivity index (χ1v) is 15.3. The van der Waals surface area contributed by atoms with E-state index in [9.17, 15) is 18.0 Å². The molecule has 4 rings (SSSR count). The Morgan fingerprint density at radius 3 is 2.22 bits per heavy atom. The normalized spacial score (nSPS) is 17.8. The average Bonchev–Trinajstić information content (AvgIpc) is 3.74. The summed E-state index contributed by atoms with van der Waals surface area (Å²) in [5, 5.41) is 3.27. The van der Waals surface area contributed by atoms with Crippen LogP contribution in [0.25, 0.3) is 0 Å².